The lowest BCUT2D eigenvalue weighted by atomic mass is 9.95. The lowest BCUT2D eigenvalue weighted by Gasteiger charge is -2.22. The minimum atomic E-state index is -0.661. The Morgan fingerprint density at radius 2 is 0.777 bits per heavy atom. The van der Waals surface area contributed by atoms with E-state index in [2.05, 4.69) is 81.1 Å². The fraction of sp³-hybridized carbons (Fsp3) is 0.195. The number of H-pyrrole nitrogens is 4. The summed E-state index contributed by atoms with van der Waals surface area (Å²) < 4.78 is 22.8. The van der Waals surface area contributed by atoms with Gasteiger partial charge in [0.1, 0.15) is 33.1 Å². The molecule has 1 fully saturated rings. The molecule has 8 aromatic heterocycles. The van der Waals surface area contributed by atoms with Gasteiger partial charge >= 0.3 is 22.8 Å². The fourth-order valence-corrected chi connectivity index (χ4v) is 13.2. The first kappa shape index (κ1) is 83.2. The highest BCUT2D eigenvalue weighted by molar-refractivity contribution is 6.30. The molecule has 620 valence electrons. The van der Waals surface area contributed by atoms with Gasteiger partial charge in [0.2, 0.25) is 23.8 Å². The van der Waals surface area contributed by atoms with Crippen molar-refractivity contribution in [2.75, 3.05) is 54.6 Å². The molecular weight excluding hydrogens is 1590 g/mol. The summed E-state index contributed by atoms with van der Waals surface area (Å²) in [5.41, 5.74) is 0.571. The summed E-state index contributed by atoms with van der Waals surface area (Å²) in [7, 11) is 1.50. The number of nitrogens with zero attached hydrogens (tertiary/aromatic N) is 12. The summed E-state index contributed by atoms with van der Waals surface area (Å²) in [6, 6.07) is 36.9. The molecule has 0 unspecified atom stereocenters. The molecule has 39 heteroatoms. The van der Waals surface area contributed by atoms with E-state index in [0.717, 1.165) is 68.1 Å². The van der Waals surface area contributed by atoms with Gasteiger partial charge in [-0.1, -0.05) is 79.4 Å². The number of ether oxygens (including phenoxy) is 1. The molecule has 1 aliphatic rings. The molecule has 16 rings (SSSR count). The number of hydrogen-bond acceptors (Lipinski definition) is 29. The molecular formula is C82H76ClFN20O17. The van der Waals surface area contributed by atoms with Crippen LogP contribution in [0.2, 0.25) is 5.02 Å². The Bertz CT molecular complexity index is 6910. The lowest BCUT2D eigenvalue weighted by Crippen LogP contribution is -2.39. The second kappa shape index (κ2) is 37.5. The number of rotatable bonds is 22. The predicted octanol–water partition coefficient (Wildman–Crippen LogP) is 7.52. The number of benzene rings is 7. The van der Waals surface area contributed by atoms with Crippen LogP contribution in [0.4, 0.5) is 28.2 Å². The van der Waals surface area contributed by atoms with Crippen molar-refractivity contribution in [2.24, 2.45) is 0 Å². The van der Waals surface area contributed by atoms with Gasteiger partial charge in [-0.3, -0.25) is 48.2 Å². The van der Waals surface area contributed by atoms with Crippen LogP contribution >= 0.6 is 11.6 Å². The molecule has 0 amide bonds. The second-order valence-corrected chi connectivity index (χ2v) is 27.9. The number of phenolic OH excluding ortho intramolecular Hbond substituents is 8. The molecule has 15 aromatic rings. The molecule has 0 atom stereocenters. The van der Waals surface area contributed by atoms with E-state index < -0.39 is 45.3 Å². The van der Waals surface area contributed by atoms with Crippen molar-refractivity contribution < 1.29 is 50.0 Å². The van der Waals surface area contributed by atoms with E-state index in [0.29, 0.717) is 90.9 Å². The van der Waals surface area contributed by atoms with Crippen molar-refractivity contribution in [2.45, 2.75) is 70.4 Å². The number of aromatic nitrogens is 16. The SMILES string of the molecule is COc1cccc(-n2c(=O)[nH]c3nc(NCCc4ccc(O)c(O)c4)ncc3c2=O)c1.O=c1[nH]c2nc(NCCc3ccc(O)c(O)c3)ncc2c(=O)n1-c1cccc(Cl)c1.O=c1[nH]c2nc(NCCc3ccc(O)c(O)c3)ncc2c(=O)n1C1CCCCC1.O=c1[nH]c2nc(NCCc3ccc(O)c(O)c3)ncc2c(=O)n1Cc1cccc(F)c1. The number of anilines is 4. The van der Waals surface area contributed by atoms with Gasteiger partial charge in [0.25, 0.3) is 22.2 Å². The van der Waals surface area contributed by atoms with Crippen LogP contribution in [0.1, 0.15) is 66.0 Å². The van der Waals surface area contributed by atoms with Gasteiger partial charge in [-0.15, -0.1) is 0 Å². The molecule has 0 bridgehead atoms. The molecule has 0 spiro atoms. The van der Waals surface area contributed by atoms with Gasteiger partial charge in [0.15, 0.2) is 68.6 Å². The number of methoxy groups -OCH3 is 1. The molecule has 16 N–H and O–H groups in total. The van der Waals surface area contributed by atoms with E-state index in [1.165, 1.54) is 109 Å². The third-order valence-corrected chi connectivity index (χ3v) is 19.4. The summed E-state index contributed by atoms with van der Waals surface area (Å²) >= 11 is 5.96. The maximum atomic E-state index is 13.4. The first-order valence-electron chi connectivity index (χ1n) is 37.5. The molecule has 0 saturated heterocycles. The van der Waals surface area contributed by atoms with E-state index >= 15 is 0 Å². The van der Waals surface area contributed by atoms with Gasteiger partial charge in [0, 0.05) is 68.1 Å². The Balaban J connectivity index is 0.000000139. The van der Waals surface area contributed by atoms with Gasteiger partial charge < -0.3 is 66.9 Å². The summed E-state index contributed by atoms with van der Waals surface area (Å²) in [4.78, 5) is 145. The first-order valence-corrected chi connectivity index (χ1v) is 37.9. The van der Waals surface area contributed by atoms with Crippen molar-refractivity contribution in [3.63, 3.8) is 0 Å². The maximum Gasteiger partial charge on any atom is 0.334 e. The Morgan fingerprint density at radius 1 is 0.405 bits per heavy atom. The van der Waals surface area contributed by atoms with E-state index in [4.69, 9.17) is 16.3 Å². The quantitative estimate of drug-likeness (QED) is 0.0292. The number of fused-ring (bicyclic) bond motifs is 4. The van der Waals surface area contributed by atoms with Crippen LogP contribution < -0.4 is 71.0 Å². The van der Waals surface area contributed by atoms with Crippen molar-refractivity contribution in [3.8, 4) is 63.1 Å². The average Bonchev–Trinajstić information content (AvgIpc) is 0.766. The first-order chi connectivity index (χ1) is 58.3. The molecule has 121 heavy (non-hydrogen) atoms. The number of phenols is 8. The van der Waals surface area contributed by atoms with E-state index in [9.17, 15) is 83.6 Å². The highest BCUT2D eigenvalue weighted by atomic mass is 35.5. The van der Waals surface area contributed by atoms with Gasteiger partial charge in [-0.25, -0.2) is 52.6 Å². The Kier molecular flexibility index (Phi) is 25.7. The third-order valence-electron chi connectivity index (χ3n) is 19.2. The minimum absolute atomic E-state index is 0.0658. The van der Waals surface area contributed by atoms with Crippen LogP contribution in [0, 0.1) is 5.82 Å². The molecule has 1 saturated carbocycles. The maximum absolute atomic E-state index is 13.4. The number of aromatic hydroxyl groups is 8. The Labute approximate surface area is 684 Å². The van der Waals surface area contributed by atoms with Gasteiger partial charge in [-0.2, -0.15) is 19.9 Å². The molecule has 0 aliphatic heterocycles. The van der Waals surface area contributed by atoms with Crippen LogP contribution in [0.25, 0.3) is 55.5 Å². The standard InChI is InChI=1S/C21H18FN5O4.C21H19N5O5.C20H16ClN5O4.C20H23N5O4/c22-14-3-1-2-13(8-14)11-27-19(30)15-10-24-20(25-18(15)26-21(27)31)23-7-6-12-4-5-16(28)17(29)9-12;1-31-14-4-2-3-13(10-14)26-19(29)15-11-23-20(24-18(15)25-21(26)30)22-8-7-12-5-6-16(27)17(28)9-12;21-12-2-1-3-13(9-12)26-18(29)14-10-23-19(24-17(14)25-20(26)30)22-7-6-11-4-5-15(27)16(28)8-11;26-15-7-6-12(10-16(15)27)8-9-21-19-22-11-14-17(23-19)24-20(29)25(18(14)28)13-4-2-1-3-5-13/h1-5,8-10,28-29H,6-7,11H2,(H2,23,24,25,26,31);2-6,9-11,27-28H,7-8H2,1H3,(H2,22,23,24,25,30);1-5,8-10,27-28H,6-7H2,(H2,22,23,24,25,30);6-7,10-11,13,26-27H,1-5,8-9H2,(H2,21,22,23,24,29). The normalized spacial score (nSPS) is 11.9. The molecule has 8 heterocycles. The van der Waals surface area contributed by atoms with Crippen molar-refractivity contribution in [1.82, 2.24) is 78.1 Å². The lowest BCUT2D eigenvalue weighted by molar-refractivity contribution is 0.338. The highest BCUT2D eigenvalue weighted by Gasteiger charge is 2.23. The second-order valence-electron chi connectivity index (χ2n) is 27.5. The zero-order valence-electron chi connectivity index (χ0n) is 64.0. The largest absolute Gasteiger partial charge is 0.504 e. The third kappa shape index (κ3) is 20.2. The van der Waals surface area contributed by atoms with Crippen molar-refractivity contribution >= 4 is 79.5 Å². The van der Waals surface area contributed by atoms with E-state index in [1.807, 2.05) is 0 Å². The van der Waals surface area contributed by atoms with Gasteiger partial charge in [-0.05, 0) is 157 Å². The van der Waals surface area contributed by atoms with Crippen molar-refractivity contribution in [1.29, 1.82) is 0 Å². The van der Waals surface area contributed by atoms with Crippen LogP contribution in [-0.4, -0.2) is 152 Å². The Morgan fingerprint density at radius 3 is 1.17 bits per heavy atom. The van der Waals surface area contributed by atoms with Crippen molar-refractivity contribution in [3.05, 3.63) is 292 Å². The molecule has 0 radical (unpaired) electrons. The smallest absolute Gasteiger partial charge is 0.334 e. The number of hydrogen-bond donors (Lipinski definition) is 16. The topological polar surface area (TPSA) is 542 Å². The van der Waals surface area contributed by atoms with E-state index in [-0.39, 0.29) is 121 Å². The zero-order chi connectivity index (χ0) is 85.5. The van der Waals surface area contributed by atoms with Crippen LogP contribution in [-0.2, 0) is 32.2 Å². The summed E-state index contributed by atoms with van der Waals surface area (Å²) in [6.07, 6.45) is 12.4. The number of halogens is 2. The molecule has 37 nitrogen and oxygen atoms in total. The summed E-state index contributed by atoms with van der Waals surface area (Å²) in [5.74, 6) is -0.426. The average molecular weight is 1670 g/mol. The minimum Gasteiger partial charge on any atom is -0.504 e. The highest BCUT2D eigenvalue weighted by Crippen LogP contribution is 2.30. The van der Waals surface area contributed by atoms with Crippen LogP contribution in [0.5, 0.6) is 51.7 Å². The summed E-state index contributed by atoms with van der Waals surface area (Å²) in [5, 5.41) is 88.8. The zero-order valence-corrected chi connectivity index (χ0v) is 64.8. The number of nitrogens with one attached hydrogen (secondary N) is 8. The fourth-order valence-electron chi connectivity index (χ4n) is 13.0. The molecule has 1 aliphatic carbocycles. The van der Waals surface area contributed by atoms with E-state index in [1.54, 1.807) is 72.8 Å². The van der Waals surface area contributed by atoms with Crippen LogP contribution in [0.15, 0.2) is 209 Å². The van der Waals surface area contributed by atoms with Crippen LogP contribution in [0.3, 0.4) is 0 Å². The number of aromatic amines is 4. The summed E-state index contributed by atoms with van der Waals surface area (Å²) in [6.45, 7) is 1.66. The molecule has 7 aromatic carbocycles. The predicted molar refractivity (Wildman–Crippen MR) is 447 cm³/mol. The Hall–Kier alpha value is -15.8. The monoisotopic (exact) mass is 1670 g/mol. The van der Waals surface area contributed by atoms with Gasteiger partial charge in [0.05, 0.1) is 25.0 Å².